The Bertz CT molecular complexity index is 382. The number of hydrogen-bond acceptors (Lipinski definition) is 3. The Morgan fingerprint density at radius 3 is 2.73 bits per heavy atom. The molecule has 0 atom stereocenters. The zero-order chi connectivity index (χ0) is 10.3. The lowest BCUT2D eigenvalue weighted by Crippen LogP contribution is -2.20. The van der Waals surface area contributed by atoms with Crippen LogP contribution in [0.5, 0.6) is 11.5 Å². The second-order valence-electron chi connectivity index (χ2n) is 4.27. The molecule has 15 heavy (non-hydrogen) atoms. The number of aliphatic hydroxyl groups excluding tert-OH is 1. The lowest BCUT2D eigenvalue weighted by molar-refractivity contribution is 0.166. The van der Waals surface area contributed by atoms with Crippen LogP contribution >= 0.6 is 0 Å². The van der Waals surface area contributed by atoms with Crippen molar-refractivity contribution >= 4 is 0 Å². The second-order valence-corrected chi connectivity index (χ2v) is 4.27. The minimum absolute atomic E-state index is 0.0496. The van der Waals surface area contributed by atoms with Gasteiger partial charge in [0, 0.05) is 11.0 Å². The molecule has 1 aromatic rings. The van der Waals surface area contributed by atoms with Gasteiger partial charge in [-0.3, -0.25) is 0 Å². The molecular formula is C12H14O3. The summed E-state index contributed by atoms with van der Waals surface area (Å²) in [5.74, 6) is 1.66. The Hall–Kier alpha value is -1.22. The van der Waals surface area contributed by atoms with Crippen LogP contribution in [0, 0.1) is 0 Å². The fourth-order valence-corrected chi connectivity index (χ4v) is 2.15. The van der Waals surface area contributed by atoms with Crippen molar-refractivity contribution in [3.05, 3.63) is 23.8 Å². The highest BCUT2D eigenvalue weighted by Gasteiger charge is 2.46. The van der Waals surface area contributed by atoms with Crippen LogP contribution in [0.2, 0.25) is 0 Å². The van der Waals surface area contributed by atoms with Crippen molar-refractivity contribution in [2.75, 3.05) is 19.8 Å². The summed E-state index contributed by atoms with van der Waals surface area (Å²) in [7, 11) is 0. The van der Waals surface area contributed by atoms with E-state index in [0.29, 0.717) is 13.2 Å². The number of aliphatic hydroxyl groups is 1. The van der Waals surface area contributed by atoms with Crippen LogP contribution in [-0.4, -0.2) is 24.9 Å². The average molecular weight is 206 g/mol. The van der Waals surface area contributed by atoms with Crippen LogP contribution < -0.4 is 9.47 Å². The predicted octanol–water partition coefficient (Wildman–Crippen LogP) is 1.48. The van der Waals surface area contributed by atoms with Crippen LogP contribution in [0.15, 0.2) is 18.2 Å². The van der Waals surface area contributed by atoms with E-state index in [-0.39, 0.29) is 12.0 Å². The van der Waals surface area contributed by atoms with Gasteiger partial charge >= 0.3 is 0 Å². The first kappa shape index (κ1) is 9.04. The third kappa shape index (κ3) is 1.30. The van der Waals surface area contributed by atoms with E-state index >= 15 is 0 Å². The normalized spacial score (nSPS) is 21.1. The fourth-order valence-electron chi connectivity index (χ4n) is 2.15. The van der Waals surface area contributed by atoms with Crippen LogP contribution in [0.4, 0.5) is 0 Å². The summed E-state index contributed by atoms with van der Waals surface area (Å²) in [6.45, 7) is 1.42. The van der Waals surface area contributed by atoms with Crippen LogP contribution in [0.1, 0.15) is 18.4 Å². The van der Waals surface area contributed by atoms with Crippen molar-refractivity contribution in [1.82, 2.24) is 0 Å². The zero-order valence-corrected chi connectivity index (χ0v) is 8.53. The van der Waals surface area contributed by atoms with E-state index in [9.17, 15) is 5.11 Å². The van der Waals surface area contributed by atoms with Gasteiger partial charge in [0.25, 0.3) is 0 Å². The molecule has 0 aromatic heterocycles. The van der Waals surface area contributed by atoms with Crippen molar-refractivity contribution in [3.8, 4) is 11.5 Å². The molecule has 3 rings (SSSR count). The van der Waals surface area contributed by atoms with Gasteiger partial charge in [0.1, 0.15) is 13.2 Å². The van der Waals surface area contributed by atoms with Gasteiger partial charge in [-0.05, 0) is 18.9 Å². The summed E-state index contributed by atoms with van der Waals surface area (Å²) >= 11 is 0. The number of para-hydroxylation sites is 1. The number of rotatable bonds is 2. The maximum absolute atomic E-state index is 9.42. The Morgan fingerprint density at radius 2 is 2.00 bits per heavy atom. The number of fused-ring (bicyclic) bond motifs is 1. The molecule has 0 bridgehead atoms. The highest BCUT2D eigenvalue weighted by Crippen LogP contribution is 2.53. The second kappa shape index (κ2) is 3.14. The van der Waals surface area contributed by atoms with Crippen molar-refractivity contribution in [2.24, 2.45) is 0 Å². The first-order valence-electron chi connectivity index (χ1n) is 5.36. The SMILES string of the molecule is OCC1(c2cccc3c2OCCO3)CC1. The molecule has 1 fully saturated rings. The molecule has 0 amide bonds. The van der Waals surface area contributed by atoms with E-state index in [1.54, 1.807) is 0 Å². The molecule has 1 aromatic carbocycles. The number of benzene rings is 1. The molecule has 3 heteroatoms. The molecule has 3 nitrogen and oxygen atoms in total. The van der Waals surface area contributed by atoms with Gasteiger partial charge < -0.3 is 14.6 Å². The Morgan fingerprint density at radius 1 is 1.20 bits per heavy atom. The van der Waals surface area contributed by atoms with Gasteiger partial charge in [-0.15, -0.1) is 0 Å². The van der Waals surface area contributed by atoms with Crippen molar-refractivity contribution < 1.29 is 14.6 Å². The Labute approximate surface area is 88.6 Å². The Kier molecular flexibility index (Phi) is 1.89. The van der Waals surface area contributed by atoms with E-state index in [4.69, 9.17) is 9.47 Å². The van der Waals surface area contributed by atoms with Gasteiger partial charge in [-0.2, -0.15) is 0 Å². The fraction of sp³-hybridized carbons (Fsp3) is 0.500. The van der Waals surface area contributed by atoms with Crippen molar-refractivity contribution in [3.63, 3.8) is 0 Å². The molecule has 1 saturated carbocycles. The monoisotopic (exact) mass is 206 g/mol. The third-order valence-electron chi connectivity index (χ3n) is 3.29. The van der Waals surface area contributed by atoms with E-state index in [1.807, 2.05) is 18.2 Å². The molecular weight excluding hydrogens is 192 g/mol. The third-order valence-corrected chi connectivity index (χ3v) is 3.29. The Balaban J connectivity index is 2.08. The summed E-state index contributed by atoms with van der Waals surface area (Å²) in [6.07, 6.45) is 2.09. The van der Waals surface area contributed by atoms with Crippen molar-refractivity contribution in [1.29, 1.82) is 0 Å². The average Bonchev–Trinajstić information content (AvgIpc) is 3.09. The largest absolute Gasteiger partial charge is 0.486 e. The minimum atomic E-state index is -0.0496. The predicted molar refractivity (Wildman–Crippen MR) is 55.4 cm³/mol. The molecule has 80 valence electrons. The lowest BCUT2D eigenvalue weighted by Gasteiger charge is -2.24. The number of ether oxygens (including phenoxy) is 2. The van der Waals surface area contributed by atoms with Gasteiger partial charge in [0.05, 0.1) is 6.61 Å². The number of hydrogen-bond donors (Lipinski definition) is 1. The molecule has 1 aliphatic heterocycles. The molecule has 0 radical (unpaired) electrons. The van der Waals surface area contributed by atoms with E-state index in [2.05, 4.69) is 0 Å². The summed E-state index contributed by atoms with van der Waals surface area (Å²) in [5.41, 5.74) is 1.06. The first-order chi connectivity index (χ1) is 7.36. The standard InChI is InChI=1S/C12H14O3/c13-8-12(4-5-12)9-2-1-3-10-11(9)15-7-6-14-10/h1-3,13H,4-8H2. The maximum atomic E-state index is 9.42. The summed E-state index contributed by atoms with van der Waals surface area (Å²) < 4.78 is 11.2. The topological polar surface area (TPSA) is 38.7 Å². The van der Waals surface area contributed by atoms with Gasteiger partial charge in [-0.25, -0.2) is 0 Å². The first-order valence-corrected chi connectivity index (χ1v) is 5.36. The minimum Gasteiger partial charge on any atom is -0.486 e. The highest BCUT2D eigenvalue weighted by molar-refractivity contribution is 5.52. The van der Waals surface area contributed by atoms with Gasteiger partial charge in [0.15, 0.2) is 11.5 Å². The molecule has 0 spiro atoms. The summed E-state index contributed by atoms with van der Waals surface area (Å²) in [5, 5.41) is 9.42. The van der Waals surface area contributed by atoms with Crippen LogP contribution in [0.25, 0.3) is 0 Å². The zero-order valence-electron chi connectivity index (χ0n) is 8.53. The highest BCUT2D eigenvalue weighted by atomic mass is 16.6. The maximum Gasteiger partial charge on any atom is 0.165 e. The van der Waals surface area contributed by atoms with Crippen LogP contribution in [0.3, 0.4) is 0 Å². The van der Waals surface area contributed by atoms with E-state index < -0.39 is 0 Å². The molecule has 0 unspecified atom stereocenters. The van der Waals surface area contributed by atoms with Crippen LogP contribution in [-0.2, 0) is 5.41 Å². The smallest absolute Gasteiger partial charge is 0.165 e. The molecule has 1 N–H and O–H groups in total. The lowest BCUT2D eigenvalue weighted by atomic mass is 9.95. The molecule has 1 aliphatic carbocycles. The molecule has 2 aliphatic rings. The summed E-state index contributed by atoms with van der Waals surface area (Å²) in [6, 6.07) is 5.93. The molecule has 0 saturated heterocycles. The molecule has 1 heterocycles. The van der Waals surface area contributed by atoms with Crippen molar-refractivity contribution in [2.45, 2.75) is 18.3 Å². The van der Waals surface area contributed by atoms with E-state index in [1.165, 1.54) is 0 Å². The van der Waals surface area contributed by atoms with Gasteiger partial charge in [-0.1, -0.05) is 12.1 Å². The van der Waals surface area contributed by atoms with E-state index in [0.717, 1.165) is 29.9 Å². The quantitative estimate of drug-likeness (QED) is 0.796. The summed E-state index contributed by atoms with van der Waals surface area (Å²) in [4.78, 5) is 0. The van der Waals surface area contributed by atoms with Gasteiger partial charge in [0.2, 0.25) is 0 Å².